The minimum Gasteiger partial charge on any atom is -0.506 e. The molecule has 2 aromatic carbocycles. The summed E-state index contributed by atoms with van der Waals surface area (Å²) in [7, 11) is 0. The molecule has 0 radical (unpaired) electrons. The van der Waals surface area contributed by atoms with Crippen LogP contribution in [0.15, 0.2) is 42.5 Å². The van der Waals surface area contributed by atoms with Gasteiger partial charge in [0.1, 0.15) is 23.1 Å². The summed E-state index contributed by atoms with van der Waals surface area (Å²) in [6.45, 7) is 0. The lowest BCUT2D eigenvalue weighted by atomic mass is 10.3. The van der Waals surface area contributed by atoms with Crippen molar-refractivity contribution in [2.75, 3.05) is 10.6 Å². The number of phenols is 1. The van der Waals surface area contributed by atoms with Crippen LogP contribution >= 0.6 is 0 Å². The molecule has 0 aliphatic heterocycles. The predicted octanol–water partition coefficient (Wildman–Crippen LogP) is 3.31. The van der Waals surface area contributed by atoms with Gasteiger partial charge in [-0.1, -0.05) is 18.2 Å². The molecule has 0 aliphatic rings. The van der Waals surface area contributed by atoms with Gasteiger partial charge in [-0.05, 0) is 24.3 Å². The van der Waals surface area contributed by atoms with E-state index in [0.29, 0.717) is 0 Å². The second-order valence-electron chi connectivity index (χ2n) is 3.69. The van der Waals surface area contributed by atoms with Gasteiger partial charge in [0, 0.05) is 0 Å². The number of aromatic hydroxyl groups is 1. The maximum Gasteiger partial charge on any atom is 0.323 e. The van der Waals surface area contributed by atoms with E-state index in [4.69, 9.17) is 0 Å². The number of nitrogens with one attached hydrogen (secondary N) is 2. The first-order valence-corrected chi connectivity index (χ1v) is 5.38. The zero-order valence-electron chi connectivity index (χ0n) is 9.65. The van der Waals surface area contributed by atoms with E-state index in [2.05, 4.69) is 5.32 Å². The molecule has 0 heterocycles. The molecule has 0 saturated heterocycles. The van der Waals surface area contributed by atoms with Crippen molar-refractivity contribution in [2.45, 2.75) is 0 Å². The van der Waals surface area contributed by atoms with E-state index < -0.39 is 23.4 Å². The monoisotopic (exact) mass is 264 g/mol. The van der Waals surface area contributed by atoms with Gasteiger partial charge in [0.2, 0.25) is 0 Å². The molecule has 0 aromatic heterocycles. The first-order chi connectivity index (χ1) is 9.08. The number of urea groups is 1. The molecule has 2 aromatic rings. The summed E-state index contributed by atoms with van der Waals surface area (Å²) < 4.78 is 26.6. The normalized spacial score (nSPS) is 10.0. The lowest BCUT2D eigenvalue weighted by Crippen LogP contribution is -2.21. The van der Waals surface area contributed by atoms with Crippen molar-refractivity contribution in [3.05, 3.63) is 54.1 Å². The fourth-order valence-electron chi connectivity index (χ4n) is 1.46. The van der Waals surface area contributed by atoms with Gasteiger partial charge in [-0.2, -0.15) is 0 Å². The third kappa shape index (κ3) is 2.98. The van der Waals surface area contributed by atoms with Crippen LogP contribution in [0.5, 0.6) is 5.75 Å². The van der Waals surface area contributed by atoms with Crippen molar-refractivity contribution >= 4 is 17.4 Å². The molecule has 4 nitrogen and oxygen atoms in total. The van der Waals surface area contributed by atoms with Crippen LogP contribution < -0.4 is 10.6 Å². The van der Waals surface area contributed by atoms with E-state index in [-0.39, 0.29) is 11.4 Å². The number of benzene rings is 2. The fraction of sp³-hybridized carbons (Fsp3) is 0. The van der Waals surface area contributed by atoms with Crippen LogP contribution in [-0.4, -0.2) is 11.1 Å². The number of hydrogen-bond donors (Lipinski definition) is 3. The quantitative estimate of drug-likeness (QED) is 0.729. The Labute approximate surface area is 107 Å². The first kappa shape index (κ1) is 12.8. The highest BCUT2D eigenvalue weighted by Crippen LogP contribution is 2.22. The number of carbonyl (C=O) groups is 1. The summed E-state index contributed by atoms with van der Waals surface area (Å²) in [6, 6.07) is 8.39. The molecule has 19 heavy (non-hydrogen) atoms. The third-order valence-electron chi connectivity index (χ3n) is 2.35. The molecule has 6 heteroatoms. The topological polar surface area (TPSA) is 61.4 Å². The van der Waals surface area contributed by atoms with Gasteiger partial charge in [0.05, 0.1) is 5.69 Å². The number of amides is 2. The van der Waals surface area contributed by atoms with Crippen molar-refractivity contribution in [2.24, 2.45) is 0 Å². The predicted molar refractivity (Wildman–Crippen MR) is 67.1 cm³/mol. The molecule has 3 N–H and O–H groups in total. The summed E-state index contributed by atoms with van der Waals surface area (Å²) in [5.74, 6) is -1.91. The maximum absolute atomic E-state index is 13.3. The standard InChI is InChI=1S/C13H10F2N2O2/c14-8-4-3-5-9(15)12(8)17-13(19)16-10-6-1-2-7-11(10)18/h1-7,18H,(H2,16,17,19). The Kier molecular flexibility index (Phi) is 3.61. The Morgan fingerprint density at radius 3 is 2.21 bits per heavy atom. The number of halogens is 2. The fourth-order valence-corrected chi connectivity index (χ4v) is 1.46. The Hall–Kier alpha value is -2.63. The number of carbonyl (C=O) groups excluding carboxylic acids is 1. The Morgan fingerprint density at radius 2 is 1.58 bits per heavy atom. The Morgan fingerprint density at radius 1 is 0.947 bits per heavy atom. The van der Waals surface area contributed by atoms with Gasteiger partial charge in [0.25, 0.3) is 0 Å². The molecule has 0 spiro atoms. The smallest absolute Gasteiger partial charge is 0.323 e. The van der Waals surface area contributed by atoms with Gasteiger partial charge >= 0.3 is 6.03 Å². The highest BCUT2D eigenvalue weighted by atomic mass is 19.1. The Bertz CT molecular complexity index is 597. The molecular formula is C13H10F2N2O2. The second kappa shape index (κ2) is 5.34. The summed E-state index contributed by atoms with van der Waals surface area (Å²) >= 11 is 0. The number of hydrogen-bond acceptors (Lipinski definition) is 2. The average Bonchev–Trinajstić information content (AvgIpc) is 2.37. The van der Waals surface area contributed by atoms with Crippen LogP contribution in [0.2, 0.25) is 0 Å². The van der Waals surface area contributed by atoms with E-state index in [1.54, 1.807) is 12.1 Å². The molecule has 0 saturated carbocycles. The highest BCUT2D eigenvalue weighted by Gasteiger charge is 2.12. The van der Waals surface area contributed by atoms with E-state index in [1.165, 1.54) is 18.2 Å². The maximum atomic E-state index is 13.3. The molecule has 2 amide bonds. The van der Waals surface area contributed by atoms with Crippen molar-refractivity contribution in [1.29, 1.82) is 0 Å². The van der Waals surface area contributed by atoms with E-state index in [0.717, 1.165) is 12.1 Å². The largest absolute Gasteiger partial charge is 0.506 e. The van der Waals surface area contributed by atoms with Gasteiger partial charge < -0.3 is 15.7 Å². The van der Waals surface area contributed by atoms with Gasteiger partial charge in [-0.15, -0.1) is 0 Å². The second-order valence-corrected chi connectivity index (χ2v) is 3.69. The zero-order chi connectivity index (χ0) is 13.8. The van der Waals surface area contributed by atoms with E-state index >= 15 is 0 Å². The Balaban J connectivity index is 2.12. The van der Waals surface area contributed by atoms with Crippen LogP contribution in [0.4, 0.5) is 25.0 Å². The van der Waals surface area contributed by atoms with Crippen LogP contribution in [0.3, 0.4) is 0 Å². The molecule has 0 aliphatic carbocycles. The number of phenolic OH excluding ortho intramolecular Hbond substituents is 1. The first-order valence-electron chi connectivity index (χ1n) is 5.38. The summed E-state index contributed by atoms with van der Waals surface area (Å²) in [6.07, 6.45) is 0. The molecule has 0 fully saturated rings. The number of rotatable bonds is 2. The van der Waals surface area contributed by atoms with Crippen molar-refractivity contribution in [3.8, 4) is 5.75 Å². The number of para-hydroxylation sites is 3. The minimum atomic E-state index is -0.882. The molecular weight excluding hydrogens is 254 g/mol. The van der Waals surface area contributed by atoms with Gasteiger partial charge in [-0.25, -0.2) is 13.6 Å². The molecule has 0 bridgehead atoms. The van der Waals surface area contributed by atoms with Crippen LogP contribution in [0.1, 0.15) is 0 Å². The van der Waals surface area contributed by atoms with Crippen molar-refractivity contribution in [3.63, 3.8) is 0 Å². The van der Waals surface area contributed by atoms with Gasteiger partial charge in [-0.3, -0.25) is 0 Å². The van der Waals surface area contributed by atoms with E-state index in [1.807, 2.05) is 5.32 Å². The lowest BCUT2D eigenvalue weighted by Gasteiger charge is -2.10. The number of anilines is 2. The SMILES string of the molecule is O=C(Nc1ccccc1O)Nc1c(F)cccc1F. The highest BCUT2D eigenvalue weighted by molar-refractivity contribution is 6.00. The van der Waals surface area contributed by atoms with Gasteiger partial charge in [0.15, 0.2) is 0 Å². The average molecular weight is 264 g/mol. The van der Waals surface area contributed by atoms with E-state index in [9.17, 15) is 18.7 Å². The summed E-state index contributed by atoms with van der Waals surface area (Å²) in [4.78, 5) is 11.6. The summed E-state index contributed by atoms with van der Waals surface area (Å²) in [5, 5.41) is 13.8. The third-order valence-corrected chi connectivity index (χ3v) is 2.35. The molecule has 0 atom stereocenters. The van der Waals surface area contributed by atoms with Crippen molar-refractivity contribution < 1.29 is 18.7 Å². The van der Waals surface area contributed by atoms with Crippen LogP contribution in [0, 0.1) is 11.6 Å². The zero-order valence-corrected chi connectivity index (χ0v) is 9.65. The minimum absolute atomic E-state index is 0.136. The molecule has 0 unspecified atom stereocenters. The summed E-state index contributed by atoms with van der Waals surface area (Å²) in [5.41, 5.74) is -0.410. The van der Waals surface area contributed by atoms with Crippen LogP contribution in [-0.2, 0) is 0 Å². The van der Waals surface area contributed by atoms with Crippen LogP contribution in [0.25, 0.3) is 0 Å². The van der Waals surface area contributed by atoms with Crippen molar-refractivity contribution in [1.82, 2.24) is 0 Å². The molecule has 98 valence electrons. The molecule has 2 rings (SSSR count). The lowest BCUT2D eigenvalue weighted by molar-refractivity contribution is 0.261.